The van der Waals surface area contributed by atoms with Crippen LogP contribution in [0, 0.1) is 0 Å². The van der Waals surface area contributed by atoms with Gasteiger partial charge in [-0.15, -0.1) is 0 Å². The molecular weight excluding hydrogens is 175 g/mol. The number of nitrogens with zero attached hydrogens (tertiary/aromatic N) is 1. The van der Waals surface area contributed by atoms with E-state index in [4.69, 9.17) is 0 Å². The van der Waals surface area contributed by atoms with Crippen molar-refractivity contribution >= 4 is 18.5 Å². The average Bonchev–Trinajstić information content (AvgIpc) is 1.88. The molecule has 11 heavy (non-hydrogen) atoms. The zero-order chi connectivity index (χ0) is 8.91. The number of halogens is 3. The molecule has 0 heterocycles. The summed E-state index contributed by atoms with van der Waals surface area (Å²) in [5.74, 6) is 0. The van der Waals surface area contributed by atoms with E-state index in [0.717, 1.165) is 0 Å². The molecule has 0 bridgehead atoms. The van der Waals surface area contributed by atoms with Crippen molar-refractivity contribution in [2.45, 2.75) is 32.4 Å². The maximum atomic E-state index is 11.6. The molecule has 0 atom stereocenters. The van der Waals surface area contributed by atoms with Gasteiger partial charge in [-0.2, -0.15) is 13.2 Å². The Labute approximate surface area is 69.2 Å². The van der Waals surface area contributed by atoms with Crippen LogP contribution in [0.15, 0.2) is 4.40 Å². The van der Waals surface area contributed by atoms with Gasteiger partial charge in [-0.3, -0.25) is 0 Å². The minimum absolute atomic E-state index is 0.0382. The smallest absolute Gasteiger partial charge is 0.229 e. The molecule has 0 saturated carbocycles. The van der Waals surface area contributed by atoms with Crippen LogP contribution in [0.4, 0.5) is 13.2 Å². The first-order valence-corrected chi connectivity index (χ1v) is 3.66. The van der Waals surface area contributed by atoms with Gasteiger partial charge in [0.1, 0.15) is 0 Å². The molecule has 0 saturated heterocycles. The Hall–Kier alpha value is -0.190. The molecule has 1 nitrogen and oxygen atoms in total. The Morgan fingerprint density at radius 1 is 1.45 bits per heavy atom. The van der Waals surface area contributed by atoms with Crippen molar-refractivity contribution in [3.63, 3.8) is 0 Å². The molecule has 66 valence electrons. The fraction of sp³-hybridized carbons (Fsp3) is 0.833. The Morgan fingerprint density at radius 3 is 2.27 bits per heavy atom. The SMILES string of the molecule is CC/C(CCC(F)(F)F)=N\S. The fourth-order valence-corrected chi connectivity index (χ4v) is 0.825. The zero-order valence-corrected chi connectivity index (χ0v) is 7.04. The van der Waals surface area contributed by atoms with Gasteiger partial charge >= 0.3 is 6.18 Å². The van der Waals surface area contributed by atoms with Crippen LogP contribution in [0.1, 0.15) is 26.2 Å². The summed E-state index contributed by atoms with van der Waals surface area (Å²) >= 11 is 3.55. The highest BCUT2D eigenvalue weighted by Gasteiger charge is 2.26. The number of hydrogen-bond donors (Lipinski definition) is 1. The lowest BCUT2D eigenvalue weighted by Crippen LogP contribution is -2.09. The van der Waals surface area contributed by atoms with Crippen LogP contribution in [-0.2, 0) is 0 Å². The van der Waals surface area contributed by atoms with E-state index in [1.54, 1.807) is 6.92 Å². The standard InChI is InChI=1S/C6H10F3NS/c1-2-5(10-11)3-4-6(7,8)9/h11H,2-4H2,1H3/b10-5+. The molecule has 0 N–H and O–H groups in total. The topological polar surface area (TPSA) is 12.4 Å². The highest BCUT2D eigenvalue weighted by molar-refractivity contribution is 7.79. The Kier molecular flexibility index (Phi) is 4.56. The predicted molar refractivity (Wildman–Crippen MR) is 42.0 cm³/mol. The molecule has 0 aliphatic carbocycles. The molecule has 0 rings (SSSR count). The summed E-state index contributed by atoms with van der Waals surface area (Å²) in [7, 11) is 0. The molecule has 0 unspecified atom stereocenters. The molecule has 0 aliphatic heterocycles. The molecule has 0 amide bonds. The molecule has 0 aromatic heterocycles. The normalized spacial score (nSPS) is 13.7. The minimum atomic E-state index is -4.08. The monoisotopic (exact) mass is 185 g/mol. The first-order valence-electron chi connectivity index (χ1n) is 3.26. The third-order valence-electron chi connectivity index (χ3n) is 1.25. The molecule has 0 aliphatic rings. The third kappa shape index (κ3) is 6.22. The lowest BCUT2D eigenvalue weighted by molar-refractivity contribution is -0.132. The summed E-state index contributed by atoms with van der Waals surface area (Å²) in [6.07, 6.45) is -4.40. The predicted octanol–water partition coefficient (Wildman–Crippen LogP) is 3.02. The van der Waals surface area contributed by atoms with E-state index in [-0.39, 0.29) is 6.42 Å². The van der Waals surface area contributed by atoms with Gasteiger partial charge in [-0.05, 0) is 25.7 Å². The number of rotatable bonds is 3. The van der Waals surface area contributed by atoms with E-state index in [2.05, 4.69) is 17.2 Å². The van der Waals surface area contributed by atoms with Crippen LogP contribution in [0.25, 0.3) is 0 Å². The van der Waals surface area contributed by atoms with E-state index < -0.39 is 12.6 Å². The lowest BCUT2D eigenvalue weighted by atomic mass is 10.2. The van der Waals surface area contributed by atoms with Gasteiger partial charge < -0.3 is 0 Å². The van der Waals surface area contributed by atoms with Gasteiger partial charge in [-0.25, -0.2) is 4.40 Å². The first kappa shape index (κ1) is 10.8. The van der Waals surface area contributed by atoms with Crippen LogP contribution in [-0.4, -0.2) is 11.9 Å². The Morgan fingerprint density at radius 2 is 2.00 bits per heavy atom. The van der Waals surface area contributed by atoms with Gasteiger partial charge in [0, 0.05) is 12.1 Å². The summed E-state index contributed by atoms with van der Waals surface area (Å²) in [6.45, 7) is 1.76. The van der Waals surface area contributed by atoms with Gasteiger partial charge in [0.15, 0.2) is 0 Å². The van der Waals surface area contributed by atoms with Crippen LogP contribution in [0.3, 0.4) is 0 Å². The largest absolute Gasteiger partial charge is 0.389 e. The van der Waals surface area contributed by atoms with E-state index in [0.29, 0.717) is 12.1 Å². The van der Waals surface area contributed by atoms with Crippen molar-refractivity contribution in [1.29, 1.82) is 0 Å². The van der Waals surface area contributed by atoms with Crippen molar-refractivity contribution in [3.05, 3.63) is 0 Å². The summed E-state index contributed by atoms with van der Waals surface area (Å²) in [4.78, 5) is 0. The molecule has 0 spiro atoms. The fourth-order valence-electron chi connectivity index (χ4n) is 0.584. The van der Waals surface area contributed by atoms with Crippen molar-refractivity contribution in [3.8, 4) is 0 Å². The van der Waals surface area contributed by atoms with Crippen LogP contribution in [0.2, 0.25) is 0 Å². The zero-order valence-electron chi connectivity index (χ0n) is 6.15. The average molecular weight is 185 g/mol. The van der Waals surface area contributed by atoms with Gasteiger partial charge in [-0.1, -0.05) is 6.92 Å². The summed E-state index contributed by atoms with van der Waals surface area (Å²) < 4.78 is 38.2. The lowest BCUT2D eigenvalue weighted by Gasteiger charge is -2.05. The third-order valence-corrected chi connectivity index (χ3v) is 1.53. The second-order valence-corrected chi connectivity index (χ2v) is 2.33. The molecule has 5 heteroatoms. The summed E-state index contributed by atoms with van der Waals surface area (Å²) in [5, 5.41) is 0. The number of hydrogen-bond acceptors (Lipinski definition) is 2. The van der Waals surface area contributed by atoms with Crippen LogP contribution >= 0.6 is 12.8 Å². The summed E-state index contributed by atoms with van der Waals surface area (Å²) in [6, 6.07) is 0. The molecule has 0 fully saturated rings. The van der Waals surface area contributed by atoms with Crippen LogP contribution < -0.4 is 0 Å². The number of thiol groups is 1. The van der Waals surface area contributed by atoms with E-state index in [1.807, 2.05) is 0 Å². The van der Waals surface area contributed by atoms with Crippen molar-refractivity contribution in [2.75, 3.05) is 0 Å². The highest BCUT2D eigenvalue weighted by Crippen LogP contribution is 2.22. The van der Waals surface area contributed by atoms with Gasteiger partial charge in [0.05, 0.1) is 0 Å². The van der Waals surface area contributed by atoms with Crippen molar-refractivity contribution < 1.29 is 13.2 Å². The van der Waals surface area contributed by atoms with E-state index >= 15 is 0 Å². The van der Waals surface area contributed by atoms with Crippen molar-refractivity contribution in [1.82, 2.24) is 0 Å². The van der Waals surface area contributed by atoms with Crippen molar-refractivity contribution in [2.24, 2.45) is 4.40 Å². The van der Waals surface area contributed by atoms with E-state index in [1.165, 1.54) is 0 Å². The van der Waals surface area contributed by atoms with Gasteiger partial charge in [0.2, 0.25) is 0 Å². The molecule has 0 aromatic rings. The molecule has 0 aromatic carbocycles. The second-order valence-electron chi connectivity index (χ2n) is 2.13. The van der Waals surface area contributed by atoms with Crippen LogP contribution in [0.5, 0.6) is 0 Å². The Balaban J connectivity index is 3.70. The Bertz CT molecular complexity index is 141. The molecule has 0 radical (unpaired) electrons. The van der Waals surface area contributed by atoms with Gasteiger partial charge in [0.25, 0.3) is 0 Å². The summed E-state index contributed by atoms with van der Waals surface area (Å²) in [5.41, 5.74) is 0.491. The maximum absolute atomic E-state index is 11.6. The molecular formula is C6H10F3NS. The first-order chi connectivity index (χ1) is 4.99. The quantitative estimate of drug-likeness (QED) is 0.512. The van der Waals surface area contributed by atoms with E-state index in [9.17, 15) is 13.2 Å². The second kappa shape index (κ2) is 4.64. The highest BCUT2D eigenvalue weighted by atomic mass is 32.1. The number of alkyl halides is 3. The minimum Gasteiger partial charge on any atom is -0.229 e. The maximum Gasteiger partial charge on any atom is 0.389 e.